The standard InChI is InChI=1S/C21H16Cl2F3N5O2/c22-12-3-1-2-10(8-12)16-15(19(27)32)18-17(30(20(28)33)6-7-31(18)29-16)11-4-5-14(23)13(9-11)21(24,25)26/h1-5,8-9,17H,6-7H2,(H2,27,32)(H2,28,33). The molecule has 3 aromatic rings. The quantitative estimate of drug-likeness (QED) is 0.557. The predicted octanol–water partition coefficient (Wildman–Crippen LogP) is 4.46. The first kappa shape index (κ1) is 22.9. The second kappa shape index (κ2) is 8.27. The number of carbonyl (C=O) groups is 2. The van der Waals surface area contributed by atoms with Gasteiger partial charge in [-0.15, -0.1) is 0 Å². The molecule has 4 rings (SSSR count). The third-order valence-corrected chi connectivity index (χ3v) is 5.92. The molecular formula is C21H16Cl2F3N5O2. The Bertz CT molecular complexity index is 1280. The Morgan fingerprint density at radius 2 is 1.79 bits per heavy atom. The van der Waals surface area contributed by atoms with E-state index in [1.54, 1.807) is 24.3 Å². The fourth-order valence-electron chi connectivity index (χ4n) is 3.99. The van der Waals surface area contributed by atoms with Crippen LogP contribution >= 0.6 is 23.2 Å². The first-order chi connectivity index (χ1) is 15.5. The SMILES string of the molecule is NC(=O)c1c(-c2cccc(Cl)c2)nn2c1C(c1ccc(Cl)c(C(F)(F)F)c1)N(C(N)=O)CC2. The van der Waals surface area contributed by atoms with Crippen LogP contribution < -0.4 is 11.5 Å². The fourth-order valence-corrected chi connectivity index (χ4v) is 4.40. The van der Waals surface area contributed by atoms with Crippen LogP contribution in [0.3, 0.4) is 0 Å². The topological polar surface area (TPSA) is 107 Å². The molecule has 0 bridgehead atoms. The third kappa shape index (κ3) is 4.11. The zero-order chi connectivity index (χ0) is 24.1. The Kier molecular flexibility index (Phi) is 5.75. The number of alkyl halides is 3. The van der Waals surface area contributed by atoms with Crippen molar-refractivity contribution in [3.8, 4) is 11.3 Å². The molecule has 3 amide bonds. The van der Waals surface area contributed by atoms with E-state index in [1.165, 1.54) is 10.7 Å². The molecule has 1 aliphatic rings. The summed E-state index contributed by atoms with van der Waals surface area (Å²) in [6, 6.07) is 7.74. The molecule has 1 aliphatic heterocycles. The van der Waals surface area contributed by atoms with Gasteiger partial charge in [-0.3, -0.25) is 9.48 Å². The van der Waals surface area contributed by atoms with E-state index in [9.17, 15) is 22.8 Å². The number of fused-ring (bicyclic) bond motifs is 1. The number of rotatable bonds is 3. The van der Waals surface area contributed by atoms with Gasteiger partial charge < -0.3 is 16.4 Å². The Hall–Kier alpha value is -3.24. The van der Waals surface area contributed by atoms with Crippen molar-refractivity contribution in [2.24, 2.45) is 11.5 Å². The largest absolute Gasteiger partial charge is 0.417 e. The van der Waals surface area contributed by atoms with Gasteiger partial charge in [0, 0.05) is 17.1 Å². The first-order valence-corrected chi connectivity index (χ1v) is 10.3. The van der Waals surface area contributed by atoms with Gasteiger partial charge in [0.05, 0.1) is 28.4 Å². The zero-order valence-corrected chi connectivity index (χ0v) is 18.2. The van der Waals surface area contributed by atoms with Crippen LogP contribution in [0.25, 0.3) is 11.3 Å². The molecule has 0 aliphatic carbocycles. The zero-order valence-electron chi connectivity index (χ0n) is 16.7. The van der Waals surface area contributed by atoms with Crippen LogP contribution in [0.5, 0.6) is 0 Å². The van der Waals surface area contributed by atoms with Gasteiger partial charge in [-0.05, 0) is 29.8 Å². The van der Waals surface area contributed by atoms with E-state index in [0.717, 1.165) is 17.0 Å². The minimum absolute atomic E-state index is 0.0447. The number of primary amides is 2. The van der Waals surface area contributed by atoms with Gasteiger partial charge in [0.15, 0.2) is 0 Å². The van der Waals surface area contributed by atoms with Crippen LogP contribution in [0.15, 0.2) is 42.5 Å². The van der Waals surface area contributed by atoms with Crippen LogP contribution in [-0.4, -0.2) is 33.2 Å². The van der Waals surface area contributed by atoms with Crippen molar-refractivity contribution in [1.29, 1.82) is 0 Å². The summed E-state index contributed by atoms with van der Waals surface area (Å²) < 4.78 is 42.0. The molecule has 7 nitrogen and oxygen atoms in total. The average molecular weight is 498 g/mol. The molecule has 0 saturated carbocycles. The van der Waals surface area contributed by atoms with Crippen molar-refractivity contribution in [3.63, 3.8) is 0 Å². The molecule has 1 unspecified atom stereocenters. The van der Waals surface area contributed by atoms with E-state index < -0.39 is 34.7 Å². The molecule has 4 N–H and O–H groups in total. The first-order valence-electron chi connectivity index (χ1n) is 9.58. The molecule has 172 valence electrons. The van der Waals surface area contributed by atoms with Gasteiger partial charge in [0.2, 0.25) is 0 Å². The lowest BCUT2D eigenvalue weighted by Crippen LogP contribution is -2.46. The molecule has 0 radical (unpaired) electrons. The maximum absolute atomic E-state index is 13.5. The highest BCUT2D eigenvalue weighted by Crippen LogP contribution is 2.42. The molecule has 1 atom stereocenters. The average Bonchev–Trinajstić information content (AvgIpc) is 3.12. The number of halogens is 5. The third-order valence-electron chi connectivity index (χ3n) is 5.35. The Labute approximate surface area is 195 Å². The summed E-state index contributed by atoms with van der Waals surface area (Å²) in [5, 5.41) is 4.35. The molecule has 0 fully saturated rings. The number of hydrogen-bond acceptors (Lipinski definition) is 3. The van der Waals surface area contributed by atoms with E-state index in [1.807, 2.05) is 0 Å². The number of amides is 3. The number of aromatic nitrogens is 2. The summed E-state index contributed by atoms with van der Waals surface area (Å²) in [6.07, 6.45) is -4.74. The van der Waals surface area contributed by atoms with Crippen molar-refractivity contribution >= 4 is 35.1 Å². The lowest BCUT2D eigenvalue weighted by molar-refractivity contribution is -0.137. The van der Waals surface area contributed by atoms with Gasteiger partial charge in [0.1, 0.15) is 11.7 Å². The van der Waals surface area contributed by atoms with E-state index >= 15 is 0 Å². The number of hydrogen-bond donors (Lipinski definition) is 2. The van der Waals surface area contributed by atoms with E-state index in [2.05, 4.69) is 5.10 Å². The van der Waals surface area contributed by atoms with Crippen LogP contribution in [0.4, 0.5) is 18.0 Å². The van der Waals surface area contributed by atoms with Crippen molar-refractivity contribution in [2.45, 2.75) is 18.8 Å². The molecule has 1 aromatic heterocycles. The van der Waals surface area contributed by atoms with Crippen molar-refractivity contribution in [2.75, 3.05) is 6.54 Å². The summed E-state index contributed by atoms with van der Waals surface area (Å²) in [7, 11) is 0. The Morgan fingerprint density at radius 1 is 1.06 bits per heavy atom. The fraction of sp³-hybridized carbons (Fsp3) is 0.190. The lowest BCUT2D eigenvalue weighted by atomic mass is 9.93. The molecule has 12 heteroatoms. The number of carbonyl (C=O) groups excluding carboxylic acids is 2. The highest BCUT2D eigenvalue weighted by Gasteiger charge is 2.40. The van der Waals surface area contributed by atoms with Crippen LogP contribution in [-0.2, 0) is 12.7 Å². The van der Waals surface area contributed by atoms with Crippen LogP contribution in [0.1, 0.15) is 33.2 Å². The second-order valence-electron chi connectivity index (χ2n) is 7.38. The summed E-state index contributed by atoms with van der Waals surface area (Å²) >= 11 is 11.8. The summed E-state index contributed by atoms with van der Waals surface area (Å²) in [6.45, 7) is 0.196. The molecule has 33 heavy (non-hydrogen) atoms. The van der Waals surface area contributed by atoms with Gasteiger partial charge in [0.25, 0.3) is 5.91 Å². The maximum atomic E-state index is 13.5. The number of benzene rings is 2. The van der Waals surface area contributed by atoms with Crippen molar-refractivity contribution in [3.05, 3.63) is 74.9 Å². The maximum Gasteiger partial charge on any atom is 0.417 e. The predicted molar refractivity (Wildman–Crippen MR) is 116 cm³/mol. The molecule has 0 spiro atoms. The number of urea groups is 1. The van der Waals surface area contributed by atoms with Gasteiger partial charge >= 0.3 is 12.2 Å². The molecule has 2 aromatic carbocycles. The summed E-state index contributed by atoms with van der Waals surface area (Å²) in [4.78, 5) is 25.9. The molecule has 2 heterocycles. The Balaban J connectivity index is 1.99. The van der Waals surface area contributed by atoms with Crippen molar-refractivity contribution < 1.29 is 22.8 Å². The highest BCUT2D eigenvalue weighted by molar-refractivity contribution is 6.31. The number of nitrogens with two attached hydrogens (primary N) is 2. The van der Waals surface area contributed by atoms with Crippen LogP contribution in [0, 0.1) is 0 Å². The summed E-state index contributed by atoms with van der Waals surface area (Å²) in [5.41, 5.74) is 11.0. The number of nitrogens with zero attached hydrogens (tertiary/aromatic N) is 3. The van der Waals surface area contributed by atoms with Gasteiger partial charge in [-0.25, -0.2) is 4.79 Å². The molecule has 0 saturated heterocycles. The van der Waals surface area contributed by atoms with Gasteiger partial charge in [-0.1, -0.05) is 41.4 Å². The van der Waals surface area contributed by atoms with E-state index in [4.69, 9.17) is 34.7 Å². The minimum atomic E-state index is -4.74. The van der Waals surface area contributed by atoms with E-state index in [0.29, 0.717) is 10.6 Å². The lowest BCUT2D eigenvalue weighted by Gasteiger charge is -2.36. The molecular weight excluding hydrogens is 482 g/mol. The second-order valence-corrected chi connectivity index (χ2v) is 8.22. The minimum Gasteiger partial charge on any atom is -0.365 e. The monoisotopic (exact) mass is 497 g/mol. The Morgan fingerprint density at radius 3 is 2.39 bits per heavy atom. The van der Waals surface area contributed by atoms with Crippen LogP contribution in [0.2, 0.25) is 10.0 Å². The van der Waals surface area contributed by atoms with E-state index in [-0.39, 0.29) is 35.6 Å². The van der Waals surface area contributed by atoms with Gasteiger partial charge in [-0.2, -0.15) is 18.3 Å². The van der Waals surface area contributed by atoms with Crippen molar-refractivity contribution in [1.82, 2.24) is 14.7 Å². The highest BCUT2D eigenvalue weighted by atomic mass is 35.5. The summed E-state index contributed by atoms with van der Waals surface area (Å²) in [5.74, 6) is -0.868. The smallest absolute Gasteiger partial charge is 0.365 e. The normalized spacial score (nSPS) is 15.9.